The van der Waals surface area contributed by atoms with Gasteiger partial charge in [-0.25, -0.2) is 9.97 Å². The Hall–Kier alpha value is -3.73. The number of para-hydroxylation sites is 1. The summed E-state index contributed by atoms with van der Waals surface area (Å²) in [7, 11) is 0. The number of hydrogen-bond acceptors (Lipinski definition) is 4. The third kappa shape index (κ3) is 2.77. The lowest BCUT2D eigenvalue weighted by Crippen LogP contribution is -2.00. The molecule has 0 saturated heterocycles. The SMILES string of the molecule is Cc1cc2nc(N/N=C/c3ccc4ccccc4n3)c3cccn3c2cc1C. The van der Waals surface area contributed by atoms with Crippen LogP contribution in [0.4, 0.5) is 5.82 Å². The number of hydrogen-bond donors (Lipinski definition) is 1. The zero-order chi connectivity index (χ0) is 19.1. The molecule has 5 aromatic rings. The second-order valence-electron chi connectivity index (χ2n) is 6.95. The predicted molar refractivity (Wildman–Crippen MR) is 115 cm³/mol. The fourth-order valence-corrected chi connectivity index (χ4v) is 3.43. The lowest BCUT2D eigenvalue weighted by molar-refractivity contribution is 1.18. The Morgan fingerprint density at radius 3 is 2.64 bits per heavy atom. The van der Waals surface area contributed by atoms with E-state index in [1.165, 1.54) is 11.1 Å². The number of hydrazone groups is 1. The van der Waals surface area contributed by atoms with E-state index in [1.807, 2.05) is 54.7 Å². The van der Waals surface area contributed by atoms with Crippen molar-refractivity contribution in [1.29, 1.82) is 0 Å². The smallest absolute Gasteiger partial charge is 0.171 e. The van der Waals surface area contributed by atoms with Gasteiger partial charge in [0.05, 0.1) is 34.0 Å². The molecule has 0 amide bonds. The van der Waals surface area contributed by atoms with E-state index in [1.54, 1.807) is 6.21 Å². The van der Waals surface area contributed by atoms with Crippen molar-refractivity contribution >= 4 is 39.5 Å². The van der Waals surface area contributed by atoms with E-state index >= 15 is 0 Å². The molecule has 1 N–H and O–H groups in total. The van der Waals surface area contributed by atoms with Crippen LogP contribution in [0.25, 0.3) is 27.5 Å². The first-order valence-corrected chi connectivity index (χ1v) is 9.22. The molecule has 3 aromatic heterocycles. The van der Waals surface area contributed by atoms with Crippen molar-refractivity contribution in [3.05, 3.63) is 83.7 Å². The van der Waals surface area contributed by atoms with Crippen molar-refractivity contribution in [2.75, 3.05) is 5.43 Å². The van der Waals surface area contributed by atoms with E-state index in [4.69, 9.17) is 4.98 Å². The number of benzene rings is 2. The lowest BCUT2D eigenvalue weighted by atomic mass is 10.1. The van der Waals surface area contributed by atoms with Crippen LogP contribution >= 0.6 is 0 Å². The number of nitrogens with one attached hydrogen (secondary N) is 1. The number of anilines is 1. The zero-order valence-electron chi connectivity index (χ0n) is 15.7. The number of rotatable bonds is 3. The van der Waals surface area contributed by atoms with E-state index in [0.29, 0.717) is 0 Å². The number of aromatic nitrogens is 3. The highest BCUT2D eigenvalue weighted by molar-refractivity contribution is 5.87. The molecule has 0 spiro atoms. The predicted octanol–water partition coefficient (Wildman–Crippen LogP) is 5.10. The number of nitrogens with zero attached hydrogens (tertiary/aromatic N) is 4. The van der Waals surface area contributed by atoms with E-state index in [2.05, 4.69) is 45.9 Å². The molecule has 0 saturated carbocycles. The highest BCUT2D eigenvalue weighted by Gasteiger charge is 2.09. The summed E-state index contributed by atoms with van der Waals surface area (Å²) in [6, 6.07) is 20.4. The average molecular weight is 365 g/mol. The van der Waals surface area contributed by atoms with Gasteiger partial charge in [0.25, 0.3) is 0 Å². The molecule has 5 rings (SSSR count). The van der Waals surface area contributed by atoms with E-state index in [0.717, 1.165) is 39.0 Å². The van der Waals surface area contributed by atoms with Crippen LogP contribution in [0.15, 0.2) is 72.0 Å². The molecule has 0 unspecified atom stereocenters. The van der Waals surface area contributed by atoms with Gasteiger partial charge in [0.1, 0.15) is 0 Å². The third-order valence-electron chi connectivity index (χ3n) is 5.06. The molecule has 136 valence electrons. The molecule has 5 nitrogen and oxygen atoms in total. The van der Waals surface area contributed by atoms with Crippen LogP contribution < -0.4 is 5.43 Å². The monoisotopic (exact) mass is 365 g/mol. The third-order valence-corrected chi connectivity index (χ3v) is 5.06. The Morgan fingerprint density at radius 1 is 0.857 bits per heavy atom. The van der Waals surface area contributed by atoms with Gasteiger partial charge in [-0.15, -0.1) is 0 Å². The summed E-state index contributed by atoms with van der Waals surface area (Å²) in [6.45, 7) is 4.23. The Labute approximate surface area is 162 Å². The van der Waals surface area contributed by atoms with E-state index in [-0.39, 0.29) is 0 Å². The molecule has 28 heavy (non-hydrogen) atoms. The molecule has 0 aliphatic rings. The van der Waals surface area contributed by atoms with Crippen molar-refractivity contribution < 1.29 is 0 Å². The van der Waals surface area contributed by atoms with Crippen LogP contribution in [0.5, 0.6) is 0 Å². The molecule has 3 heterocycles. The summed E-state index contributed by atoms with van der Waals surface area (Å²) in [6.07, 6.45) is 3.77. The maximum atomic E-state index is 4.79. The summed E-state index contributed by atoms with van der Waals surface area (Å²) in [4.78, 5) is 9.41. The molecular weight excluding hydrogens is 346 g/mol. The van der Waals surface area contributed by atoms with Crippen molar-refractivity contribution in [3.63, 3.8) is 0 Å². The zero-order valence-corrected chi connectivity index (χ0v) is 15.7. The molecular formula is C23H19N5. The topological polar surface area (TPSA) is 54.6 Å². The molecule has 2 aromatic carbocycles. The summed E-state index contributed by atoms with van der Waals surface area (Å²) >= 11 is 0. The lowest BCUT2D eigenvalue weighted by Gasteiger charge is -2.10. The molecule has 0 bridgehead atoms. The van der Waals surface area contributed by atoms with Gasteiger partial charge in [-0.3, -0.25) is 5.43 Å². The number of aryl methyl sites for hydroxylation is 2. The fraction of sp³-hybridized carbons (Fsp3) is 0.0870. The largest absolute Gasteiger partial charge is 0.312 e. The quantitative estimate of drug-likeness (QED) is 0.357. The Bertz CT molecular complexity index is 1360. The Kier molecular flexibility index (Phi) is 3.79. The van der Waals surface area contributed by atoms with Crippen molar-refractivity contribution in [2.24, 2.45) is 5.10 Å². The highest BCUT2D eigenvalue weighted by Crippen LogP contribution is 2.24. The van der Waals surface area contributed by atoms with Crippen LogP contribution in [0, 0.1) is 13.8 Å². The van der Waals surface area contributed by atoms with Gasteiger partial charge in [0, 0.05) is 11.6 Å². The maximum Gasteiger partial charge on any atom is 0.171 e. The first-order chi connectivity index (χ1) is 13.7. The first kappa shape index (κ1) is 16.4. The maximum absolute atomic E-state index is 4.79. The van der Waals surface area contributed by atoms with Crippen LogP contribution in [0.3, 0.4) is 0 Å². The van der Waals surface area contributed by atoms with Gasteiger partial charge in [0.2, 0.25) is 0 Å². The fourth-order valence-electron chi connectivity index (χ4n) is 3.43. The van der Waals surface area contributed by atoms with Gasteiger partial charge in [-0.05, 0) is 61.4 Å². The van der Waals surface area contributed by atoms with Crippen LogP contribution in [-0.2, 0) is 0 Å². The molecule has 0 aliphatic carbocycles. The van der Waals surface area contributed by atoms with Gasteiger partial charge < -0.3 is 4.40 Å². The second-order valence-corrected chi connectivity index (χ2v) is 6.95. The van der Waals surface area contributed by atoms with E-state index in [9.17, 15) is 0 Å². The molecule has 5 heteroatoms. The van der Waals surface area contributed by atoms with Crippen molar-refractivity contribution in [2.45, 2.75) is 13.8 Å². The van der Waals surface area contributed by atoms with Gasteiger partial charge >= 0.3 is 0 Å². The van der Waals surface area contributed by atoms with Crippen LogP contribution in [-0.4, -0.2) is 20.6 Å². The van der Waals surface area contributed by atoms with Crippen molar-refractivity contribution in [1.82, 2.24) is 14.4 Å². The number of pyridine rings is 1. The highest BCUT2D eigenvalue weighted by atomic mass is 15.3. The summed E-state index contributed by atoms with van der Waals surface area (Å²) in [5.41, 5.74) is 10.3. The summed E-state index contributed by atoms with van der Waals surface area (Å²) in [5, 5.41) is 5.50. The normalized spacial score (nSPS) is 11.8. The molecule has 0 atom stereocenters. The molecule has 0 aliphatic heterocycles. The van der Waals surface area contributed by atoms with Crippen molar-refractivity contribution in [3.8, 4) is 0 Å². The summed E-state index contributed by atoms with van der Waals surface area (Å²) < 4.78 is 2.14. The minimum atomic E-state index is 0.720. The minimum Gasteiger partial charge on any atom is -0.312 e. The van der Waals surface area contributed by atoms with Gasteiger partial charge in [-0.2, -0.15) is 5.10 Å². The van der Waals surface area contributed by atoms with E-state index < -0.39 is 0 Å². The van der Waals surface area contributed by atoms with Crippen LogP contribution in [0.2, 0.25) is 0 Å². The summed E-state index contributed by atoms with van der Waals surface area (Å²) in [5.74, 6) is 0.720. The first-order valence-electron chi connectivity index (χ1n) is 9.22. The Morgan fingerprint density at radius 2 is 1.71 bits per heavy atom. The van der Waals surface area contributed by atoms with Gasteiger partial charge in [0.15, 0.2) is 5.82 Å². The minimum absolute atomic E-state index is 0.720. The Balaban J connectivity index is 1.52. The van der Waals surface area contributed by atoms with Crippen LogP contribution in [0.1, 0.15) is 16.8 Å². The standard InChI is InChI=1S/C23H19N5/c1-15-12-20-22(13-16(15)2)28-11-5-8-21(28)23(26-20)27-24-14-18-10-9-17-6-3-4-7-19(17)25-18/h3-14H,1-2H3,(H,26,27)/b24-14+. The average Bonchev–Trinajstić information content (AvgIpc) is 3.20. The second kappa shape index (κ2) is 6.46. The van der Waals surface area contributed by atoms with Gasteiger partial charge in [-0.1, -0.05) is 24.3 Å². The molecule has 0 radical (unpaired) electrons. The molecule has 0 fully saturated rings. The number of fused-ring (bicyclic) bond motifs is 4.